The third-order valence-electron chi connectivity index (χ3n) is 4.00. The largest absolute Gasteiger partial charge is 0.395 e. The molecule has 0 aliphatic carbocycles. The summed E-state index contributed by atoms with van der Waals surface area (Å²) in [6.45, 7) is 4.69. The highest BCUT2D eigenvalue weighted by atomic mass is 16.3. The first-order valence-corrected chi connectivity index (χ1v) is 9.21. The van der Waals surface area contributed by atoms with Crippen LogP contribution in [0.4, 0.5) is 11.4 Å². The molecule has 0 fully saturated rings. The molecule has 0 heterocycles. The van der Waals surface area contributed by atoms with E-state index in [4.69, 9.17) is 20.4 Å². The van der Waals surface area contributed by atoms with Crippen molar-refractivity contribution in [1.82, 2.24) is 0 Å². The summed E-state index contributed by atoms with van der Waals surface area (Å²) < 4.78 is 0. The summed E-state index contributed by atoms with van der Waals surface area (Å²) in [7, 11) is 0. The molecule has 0 aliphatic rings. The van der Waals surface area contributed by atoms with Gasteiger partial charge in [0.2, 0.25) is 0 Å². The number of nitrogens with zero attached hydrogens (tertiary/aromatic N) is 2. The van der Waals surface area contributed by atoms with E-state index >= 15 is 0 Å². The van der Waals surface area contributed by atoms with Gasteiger partial charge in [-0.3, -0.25) is 0 Å². The van der Waals surface area contributed by atoms with Gasteiger partial charge in [0.25, 0.3) is 0 Å². The Labute approximate surface area is 161 Å². The van der Waals surface area contributed by atoms with Gasteiger partial charge in [-0.1, -0.05) is 35.9 Å². The zero-order valence-electron chi connectivity index (χ0n) is 16.0. The minimum absolute atomic E-state index is 0.105. The summed E-state index contributed by atoms with van der Waals surface area (Å²) in [5, 5.41) is 35.3. The van der Waals surface area contributed by atoms with Gasteiger partial charge in [0.1, 0.15) is 0 Å². The van der Waals surface area contributed by atoms with Crippen molar-refractivity contribution in [2.75, 3.05) is 62.4 Å². The van der Waals surface area contributed by atoms with E-state index in [2.05, 4.69) is 0 Å². The van der Waals surface area contributed by atoms with Gasteiger partial charge in [-0.05, 0) is 31.2 Å². The number of aryl methyl sites for hydroxylation is 1. The third kappa shape index (κ3) is 8.88. The molecule has 2 aromatic rings. The molecular weight excluding hydrogens is 344 g/mol. The van der Waals surface area contributed by atoms with Crippen LogP contribution in [0.1, 0.15) is 5.56 Å². The van der Waals surface area contributed by atoms with Crippen LogP contribution in [-0.4, -0.2) is 73.0 Å². The molecule has 0 unspecified atom stereocenters. The highest BCUT2D eigenvalue weighted by Crippen LogP contribution is 2.14. The van der Waals surface area contributed by atoms with Crippen molar-refractivity contribution in [2.45, 2.75) is 6.92 Å². The van der Waals surface area contributed by atoms with Crippen molar-refractivity contribution >= 4 is 11.4 Å². The molecule has 6 nitrogen and oxygen atoms in total. The second-order valence-electron chi connectivity index (χ2n) is 6.04. The van der Waals surface area contributed by atoms with Crippen LogP contribution in [0.15, 0.2) is 54.6 Å². The summed E-state index contributed by atoms with van der Waals surface area (Å²) in [6, 6.07) is 17.8. The van der Waals surface area contributed by atoms with E-state index in [1.807, 2.05) is 71.3 Å². The lowest BCUT2D eigenvalue weighted by atomic mass is 10.2. The maximum atomic E-state index is 8.86. The molecule has 0 saturated heterocycles. The summed E-state index contributed by atoms with van der Waals surface area (Å²) >= 11 is 0. The quantitative estimate of drug-likeness (QED) is 0.499. The standard InChI is InChI=1S/C11H17NO2.C10H15NO2/c1-10-2-4-11(5-3-10)12(6-8-13)7-9-14;12-8-6-11(7-9-13)10-4-2-1-3-5-10/h2-5,13-14H,6-9H2,1H3;1-5,12-13H,6-9H2. The lowest BCUT2D eigenvalue weighted by molar-refractivity contribution is 0.280. The Bertz CT molecular complexity index is 581. The second kappa shape index (κ2) is 14.0. The molecule has 0 radical (unpaired) electrons. The summed E-state index contributed by atoms with van der Waals surface area (Å²) in [5.74, 6) is 0. The number of anilines is 2. The highest BCUT2D eigenvalue weighted by Gasteiger charge is 2.04. The number of aliphatic hydroxyl groups excluding tert-OH is 4. The van der Waals surface area contributed by atoms with Crippen LogP contribution in [0, 0.1) is 6.92 Å². The highest BCUT2D eigenvalue weighted by molar-refractivity contribution is 5.47. The van der Waals surface area contributed by atoms with Crippen molar-refractivity contribution < 1.29 is 20.4 Å². The predicted octanol–water partition coefficient (Wildman–Crippen LogP) is 1.26. The van der Waals surface area contributed by atoms with Crippen molar-refractivity contribution in [3.63, 3.8) is 0 Å². The van der Waals surface area contributed by atoms with Gasteiger partial charge in [0.15, 0.2) is 0 Å². The predicted molar refractivity (Wildman–Crippen MR) is 110 cm³/mol. The fourth-order valence-corrected chi connectivity index (χ4v) is 2.62. The van der Waals surface area contributed by atoms with E-state index in [0.717, 1.165) is 11.4 Å². The van der Waals surface area contributed by atoms with Crippen LogP contribution in [0.2, 0.25) is 0 Å². The molecule has 150 valence electrons. The number of rotatable bonds is 10. The first-order chi connectivity index (χ1) is 13.2. The first-order valence-electron chi connectivity index (χ1n) is 9.21. The van der Waals surface area contributed by atoms with Gasteiger partial charge in [-0.25, -0.2) is 0 Å². The Morgan fingerprint density at radius 1 is 0.556 bits per heavy atom. The monoisotopic (exact) mass is 376 g/mol. The minimum atomic E-state index is 0.105. The minimum Gasteiger partial charge on any atom is -0.395 e. The molecule has 0 saturated carbocycles. The van der Waals surface area contributed by atoms with Crippen LogP contribution in [0.3, 0.4) is 0 Å². The molecule has 6 heteroatoms. The normalized spacial score (nSPS) is 10.1. The van der Waals surface area contributed by atoms with E-state index in [9.17, 15) is 0 Å². The Morgan fingerprint density at radius 3 is 1.30 bits per heavy atom. The SMILES string of the molecule is Cc1ccc(N(CCO)CCO)cc1.OCCN(CCO)c1ccccc1. The molecule has 2 aromatic carbocycles. The Morgan fingerprint density at radius 2 is 0.926 bits per heavy atom. The molecule has 4 N–H and O–H groups in total. The molecule has 0 aliphatic heterocycles. The average molecular weight is 376 g/mol. The van der Waals surface area contributed by atoms with Gasteiger partial charge in [-0.15, -0.1) is 0 Å². The van der Waals surface area contributed by atoms with E-state index in [0.29, 0.717) is 26.2 Å². The Balaban J connectivity index is 0.000000271. The van der Waals surface area contributed by atoms with Crippen LogP contribution in [0.25, 0.3) is 0 Å². The zero-order chi connectivity index (χ0) is 19.9. The summed E-state index contributed by atoms with van der Waals surface area (Å²) in [5.41, 5.74) is 3.28. The van der Waals surface area contributed by atoms with Gasteiger partial charge in [0.05, 0.1) is 26.4 Å². The van der Waals surface area contributed by atoms with Gasteiger partial charge < -0.3 is 30.2 Å². The molecule has 0 aromatic heterocycles. The molecule has 0 amide bonds. The second-order valence-corrected chi connectivity index (χ2v) is 6.04. The fraction of sp³-hybridized carbons (Fsp3) is 0.429. The van der Waals surface area contributed by atoms with E-state index in [1.165, 1.54) is 5.56 Å². The Hall–Kier alpha value is -2.12. The van der Waals surface area contributed by atoms with Crippen molar-refractivity contribution in [3.05, 3.63) is 60.2 Å². The smallest absolute Gasteiger partial charge is 0.0606 e. The molecule has 0 atom stereocenters. The molecular formula is C21H32N2O4. The maximum Gasteiger partial charge on any atom is 0.0606 e. The van der Waals surface area contributed by atoms with Crippen LogP contribution < -0.4 is 9.80 Å². The lowest BCUT2D eigenvalue weighted by Gasteiger charge is -2.22. The van der Waals surface area contributed by atoms with Gasteiger partial charge >= 0.3 is 0 Å². The third-order valence-corrected chi connectivity index (χ3v) is 4.00. The molecule has 27 heavy (non-hydrogen) atoms. The lowest BCUT2D eigenvalue weighted by Crippen LogP contribution is -2.29. The Kier molecular flexibility index (Phi) is 11.9. The average Bonchev–Trinajstić information content (AvgIpc) is 2.69. The van der Waals surface area contributed by atoms with Gasteiger partial charge in [-0.2, -0.15) is 0 Å². The summed E-state index contributed by atoms with van der Waals surface area (Å²) in [6.07, 6.45) is 0. The van der Waals surface area contributed by atoms with E-state index in [-0.39, 0.29) is 26.4 Å². The van der Waals surface area contributed by atoms with Crippen molar-refractivity contribution in [3.8, 4) is 0 Å². The molecule has 0 spiro atoms. The molecule has 0 bridgehead atoms. The maximum absolute atomic E-state index is 8.86. The first kappa shape index (κ1) is 22.9. The molecule has 2 rings (SSSR count). The van der Waals surface area contributed by atoms with Crippen LogP contribution in [-0.2, 0) is 0 Å². The number of hydrogen-bond acceptors (Lipinski definition) is 6. The van der Waals surface area contributed by atoms with Gasteiger partial charge in [0, 0.05) is 37.6 Å². The topological polar surface area (TPSA) is 87.4 Å². The zero-order valence-corrected chi connectivity index (χ0v) is 16.0. The summed E-state index contributed by atoms with van der Waals surface area (Å²) in [4.78, 5) is 3.90. The number of hydrogen-bond donors (Lipinski definition) is 4. The number of aliphatic hydroxyl groups is 4. The fourth-order valence-electron chi connectivity index (χ4n) is 2.62. The number of para-hydroxylation sites is 1. The van der Waals surface area contributed by atoms with E-state index in [1.54, 1.807) is 0 Å². The van der Waals surface area contributed by atoms with E-state index < -0.39 is 0 Å². The van der Waals surface area contributed by atoms with Crippen LogP contribution >= 0.6 is 0 Å². The van der Waals surface area contributed by atoms with Crippen molar-refractivity contribution in [2.24, 2.45) is 0 Å². The van der Waals surface area contributed by atoms with Crippen molar-refractivity contribution in [1.29, 1.82) is 0 Å². The van der Waals surface area contributed by atoms with Crippen LogP contribution in [0.5, 0.6) is 0 Å². The number of benzene rings is 2.